The Morgan fingerprint density at radius 1 is 0.857 bits per heavy atom. The molecule has 3 aromatic carbocycles. The van der Waals surface area contributed by atoms with Gasteiger partial charge in [0.15, 0.2) is 0 Å². The normalized spacial score (nSPS) is 21.4. The second-order valence-corrected chi connectivity index (χ2v) is 8.45. The molecular weight excluding hydrogens is 342 g/mol. The highest BCUT2D eigenvalue weighted by molar-refractivity contribution is 5.75. The van der Waals surface area contributed by atoms with Gasteiger partial charge in [-0.1, -0.05) is 54.1 Å². The maximum absolute atomic E-state index is 6.74. The van der Waals surface area contributed by atoms with Gasteiger partial charge in [0, 0.05) is 18.3 Å². The fraction of sp³-hybridized carbons (Fsp3) is 0.231. The van der Waals surface area contributed by atoms with E-state index in [0.29, 0.717) is 0 Å². The van der Waals surface area contributed by atoms with Crippen molar-refractivity contribution in [3.63, 3.8) is 0 Å². The highest BCUT2D eigenvalue weighted by atomic mass is 16.5. The first kappa shape index (κ1) is 17.1. The second-order valence-electron chi connectivity index (χ2n) is 8.45. The largest absolute Gasteiger partial charge is 0.463 e. The number of hydrogen-bond donors (Lipinski definition) is 0. The Hall–Kier alpha value is -3.00. The summed E-state index contributed by atoms with van der Waals surface area (Å²) >= 11 is 0. The third kappa shape index (κ3) is 2.21. The Morgan fingerprint density at radius 2 is 1.57 bits per heavy atom. The number of benzene rings is 3. The SMILES string of the molecule is Cc1ccc(-c2ccc3c(c2)C=CC2(O3)N(C)c3ccccc3C2(C)C)cc1. The molecule has 2 aliphatic heterocycles. The van der Waals surface area contributed by atoms with Crippen LogP contribution in [0, 0.1) is 6.92 Å². The smallest absolute Gasteiger partial charge is 0.211 e. The lowest BCUT2D eigenvalue weighted by molar-refractivity contribution is 0.0582. The highest BCUT2D eigenvalue weighted by Gasteiger charge is 2.57. The number of hydrogen-bond acceptors (Lipinski definition) is 2. The van der Waals surface area contributed by atoms with Crippen LogP contribution in [0.1, 0.15) is 30.5 Å². The average Bonchev–Trinajstić information content (AvgIpc) is 2.87. The van der Waals surface area contributed by atoms with E-state index in [-0.39, 0.29) is 5.41 Å². The van der Waals surface area contributed by atoms with Gasteiger partial charge in [-0.15, -0.1) is 0 Å². The van der Waals surface area contributed by atoms with Crippen LogP contribution in [0.4, 0.5) is 5.69 Å². The number of anilines is 1. The van der Waals surface area contributed by atoms with Crippen LogP contribution in [0.2, 0.25) is 0 Å². The molecule has 2 aliphatic rings. The van der Waals surface area contributed by atoms with Gasteiger partial charge in [0.2, 0.25) is 5.72 Å². The van der Waals surface area contributed by atoms with Crippen LogP contribution < -0.4 is 9.64 Å². The Balaban J connectivity index is 1.57. The van der Waals surface area contributed by atoms with E-state index in [2.05, 4.69) is 112 Å². The standard InChI is InChI=1S/C26H25NO/c1-18-9-11-19(12-10-18)20-13-14-24-21(17-20)15-16-26(28-24)25(2,3)22-7-5-6-8-23(22)27(26)4/h5-17H,1-4H3. The molecule has 0 radical (unpaired) electrons. The molecule has 0 aliphatic carbocycles. The van der Waals surface area contributed by atoms with E-state index in [1.165, 1.54) is 27.9 Å². The van der Waals surface area contributed by atoms with E-state index in [0.717, 1.165) is 11.3 Å². The van der Waals surface area contributed by atoms with Crippen LogP contribution in [0.15, 0.2) is 72.8 Å². The van der Waals surface area contributed by atoms with E-state index in [1.807, 2.05) is 0 Å². The van der Waals surface area contributed by atoms with Crippen LogP contribution in [-0.2, 0) is 5.41 Å². The first-order valence-corrected chi connectivity index (χ1v) is 9.85. The molecule has 0 bridgehead atoms. The Labute approximate surface area is 167 Å². The summed E-state index contributed by atoms with van der Waals surface area (Å²) in [6.45, 7) is 6.65. The summed E-state index contributed by atoms with van der Waals surface area (Å²) in [6.07, 6.45) is 4.45. The van der Waals surface area contributed by atoms with Gasteiger partial charge in [-0.3, -0.25) is 0 Å². The van der Waals surface area contributed by atoms with Crippen molar-refractivity contribution in [2.45, 2.75) is 31.9 Å². The third-order valence-electron chi connectivity index (χ3n) is 6.48. The number of para-hydroxylation sites is 1. The van der Waals surface area contributed by atoms with Crippen LogP contribution in [0.5, 0.6) is 5.75 Å². The molecule has 3 aromatic rings. The van der Waals surface area contributed by atoms with Crippen molar-refractivity contribution in [2.75, 3.05) is 11.9 Å². The number of fused-ring (bicyclic) bond motifs is 2. The number of rotatable bonds is 1. The molecule has 0 amide bonds. The average molecular weight is 367 g/mol. The molecule has 2 heteroatoms. The summed E-state index contributed by atoms with van der Waals surface area (Å²) in [5, 5.41) is 0. The molecule has 28 heavy (non-hydrogen) atoms. The molecule has 1 atom stereocenters. The molecule has 1 spiro atoms. The number of nitrogens with zero attached hydrogens (tertiary/aromatic N) is 1. The van der Waals surface area contributed by atoms with Crippen molar-refractivity contribution >= 4 is 11.8 Å². The van der Waals surface area contributed by atoms with E-state index in [9.17, 15) is 0 Å². The fourth-order valence-corrected chi connectivity index (χ4v) is 4.70. The minimum atomic E-state index is -0.519. The van der Waals surface area contributed by atoms with Crippen molar-refractivity contribution in [1.82, 2.24) is 0 Å². The first-order chi connectivity index (χ1) is 13.4. The predicted molar refractivity (Wildman–Crippen MR) is 117 cm³/mol. The summed E-state index contributed by atoms with van der Waals surface area (Å²) < 4.78 is 6.74. The predicted octanol–water partition coefficient (Wildman–Crippen LogP) is 6.19. The molecule has 0 fully saturated rings. The zero-order chi connectivity index (χ0) is 19.5. The summed E-state index contributed by atoms with van der Waals surface area (Å²) in [5.74, 6) is 0.936. The topological polar surface area (TPSA) is 12.5 Å². The molecule has 0 saturated carbocycles. The molecule has 1 unspecified atom stereocenters. The van der Waals surface area contributed by atoms with Crippen LogP contribution in [0.25, 0.3) is 17.2 Å². The van der Waals surface area contributed by atoms with Crippen molar-refractivity contribution in [2.24, 2.45) is 0 Å². The molecule has 0 N–H and O–H groups in total. The highest BCUT2D eigenvalue weighted by Crippen LogP contribution is 2.54. The van der Waals surface area contributed by atoms with Crippen LogP contribution in [-0.4, -0.2) is 12.8 Å². The fourth-order valence-electron chi connectivity index (χ4n) is 4.70. The Morgan fingerprint density at radius 3 is 2.32 bits per heavy atom. The van der Waals surface area contributed by atoms with E-state index >= 15 is 0 Å². The quantitative estimate of drug-likeness (QED) is 0.508. The number of aryl methyl sites for hydroxylation is 1. The minimum absolute atomic E-state index is 0.165. The Kier molecular flexibility index (Phi) is 3.51. The third-order valence-corrected chi connectivity index (χ3v) is 6.48. The van der Waals surface area contributed by atoms with Gasteiger partial charge in [0.1, 0.15) is 5.75 Å². The molecule has 140 valence electrons. The van der Waals surface area contributed by atoms with Gasteiger partial charge in [0.25, 0.3) is 0 Å². The van der Waals surface area contributed by atoms with Crippen molar-refractivity contribution in [3.05, 3.63) is 89.5 Å². The van der Waals surface area contributed by atoms with Gasteiger partial charge in [-0.05, 0) is 67.8 Å². The summed E-state index contributed by atoms with van der Waals surface area (Å²) in [4.78, 5) is 2.27. The van der Waals surface area contributed by atoms with Crippen molar-refractivity contribution in [1.29, 1.82) is 0 Å². The number of likely N-dealkylation sites (N-methyl/N-ethyl adjacent to an activating group) is 1. The first-order valence-electron chi connectivity index (χ1n) is 9.85. The van der Waals surface area contributed by atoms with Crippen molar-refractivity contribution in [3.8, 4) is 16.9 Å². The van der Waals surface area contributed by atoms with E-state index in [4.69, 9.17) is 4.74 Å². The molecule has 2 nitrogen and oxygen atoms in total. The summed E-state index contributed by atoms with van der Waals surface area (Å²) in [7, 11) is 2.13. The van der Waals surface area contributed by atoms with Gasteiger partial charge in [-0.25, -0.2) is 0 Å². The van der Waals surface area contributed by atoms with Crippen LogP contribution >= 0.6 is 0 Å². The zero-order valence-corrected chi connectivity index (χ0v) is 16.9. The Bertz CT molecular complexity index is 1090. The number of ether oxygens (including phenoxy) is 1. The molecule has 0 saturated heterocycles. The van der Waals surface area contributed by atoms with Crippen molar-refractivity contribution < 1.29 is 4.74 Å². The molecule has 5 rings (SSSR count). The maximum atomic E-state index is 6.74. The van der Waals surface area contributed by atoms with Crippen LogP contribution in [0.3, 0.4) is 0 Å². The molecular formula is C26H25NO. The molecule has 0 aromatic heterocycles. The van der Waals surface area contributed by atoms with Gasteiger partial charge >= 0.3 is 0 Å². The molecule has 2 heterocycles. The second kappa shape index (κ2) is 5.75. The maximum Gasteiger partial charge on any atom is 0.211 e. The van der Waals surface area contributed by atoms with E-state index < -0.39 is 5.72 Å². The van der Waals surface area contributed by atoms with E-state index in [1.54, 1.807) is 0 Å². The monoisotopic (exact) mass is 367 g/mol. The summed E-state index contributed by atoms with van der Waals surface area (Å²) in [6, 6.07) is 23.8. The lowest BCUT2D eigenvalue weighted by atomic mass is 9.76. The lowest BCUT2D eigenvalue weighted by Crippen LogP contribution is -2.58. The van der Waals surface area contributed by atoms with Gasteiger partial charge < -0.3 is 9.64 Å². The lowest BCUT2D eigenvalue weighted by Gasteiger charge is -2.45. The summed E-state index contributed by atoms with van der Waals surface area (Å²) in [5.41, 5.74) is 6.72. The van der Waals surface area contributed by atoms with Gasteiger partial charge in [0.05, 0.1) is 5.41 Å². The van der Waals surface area contributed by atoms with Gasteiger partial charge in [-0.2, -0.15) is 0 Å². The zero-order valence-electron chi connectivity index (χ0n) is 16.9. The minimum Gasteiger partial charge on any atom is -0.463 e.